The maximum atomic E-state index is 12.6. The van der Waals surface area contributed by atoms with Crippen molar-refractivity contribution in [2.24, 2.45) is 5.92 Å². The molecule has 1 amide bonds. The van der Waals surface area contributed by atoms with Crippen LogP contribution < -0.4 is 0 Å². The monoisotopic (exact) mass is 334 g/mol. The number of carbonyl (C=O) groups is 1. The van der Waals surface area contributed by atoms with Crippen molar-refractivity contribution in [3.63, 3.8) is 0 Å². The molecule has 2 fully saturated rings. The molecule has 0 radical (unpaired) electrons. The van der Waals surface area contributed by atoms with Crippen LogP contribution in [0.15, 0.2) is 18.2 Å². The van der Waals surface area contributed by atoms with Crippen LogP contribution in [0.2, 0.25) is 0 Å². The molecule has 6 heteroatoms. The van der Waals surface area contributed by atoms with E-state index in [1.807, 2.05) is 0 Å². The Morgan fingerprint density at radius 1 is 1.17 bits per heavy atom. The second-order valence-corrected chi connectivity index (χ2v) is 6.69. The summed E-state index contributed by atoms with van der Waals surface area (Å²) in [4.78, 5) is 16.8. The Bertz CT molecular complexity index is 578. The molecule has 2 aliphatic heterocycles. The Morgan fingerprint density at radius 3 is 2.50 bits per heavy atom. The molecule has 1 atom stereocenters. The highest BCUT2D eigenvalue weighted by molar-refractivity contribution is 5.97. The summed E-state index contributed by atoms with van der Waals surface area (Å²) in [6, 6.07) is 5.01. The number of carbonyl (C=O) groups excluding carboxylic acids is 1. The molecule has 2 N–H and O–H groups in total. The number of likely N-dealkylation sites (tertiary alicyclic amines) is 1. The molecule has 2 saturated heterocycles. The van der Waals surface area contributed by atoms with Gasteiger partial charge in [0, 0.05) is 32.2 Å². The van der Waals surface area contributed by atoms with Gasteiger partial charge in [-0.15, -0.1) is 0 Å². The van der Waals surface area contributed by atoms with Gasteiger partial charge in [-0.25, -0.2) is 0 Å². The lowest BCUT2D eigenvalue weighted by Gasteiger charge is -2.41. The number of hydrogen-bond donors (Lipinski definition) is 2. The molecule has 6 nitrogen and oxygen atoms in total. The van der Waals surface area contributed by atoms with Gasteiger partial charge < -0.3 is 19.8 Å². The zero-order valence-corrected chi connectivity index (χ0v) is 14.1. The van der Waals surface area contributed by atoms with Gasteiger partial charge in [0.05, 0.1) is 18.8 Å². The van der Waals surface area contributed by atoms with E-state index >= 15 is 0 Å². The summed E-state index contributed by atoms with van der Waals surface area (Å²) in [6.07, 6.45) is 1.92. The molecule has 0 spiro atoms. The fourth-order valence-electron chi connectivity index (χ4n) is 3.74. The van der Waals surface area contributed by atoms with E-state index in [0.717, 1.165) is 39.1 Å². The van der Waals surface area contributed by atoms with Gasteiger partial charge in [0.2, 0.25) is 0 Å². The number of phenols is 2. The smallest absolute Gasteiger partial charge is 0.257 e. The first-order valence-corrected chi connectivity index (χ1v) is 8.70. The quantitative estimate of drug-likeness (QED) is 0.823. The molecular weight excluding hydrogens is 308 g/mol. The van der Waals surface area contributed by atoms with Crippen molar-refractivity contribution in [3.05, 3.63) is 23.8 Å². The zero-order valence-electron chi connectivity index (χ0n) is 14.1. The van der Waals surface area contributed by atoms with E-state index in [4.69, 9.17) is 4.74 Å². The minimum atomic E-state index is -0.327. The van der Waals surface area contributed by atoms with Crippen LogP contribution >= 0.6 is 0 Å². The van der Waals surface area contributed by atoms with Crippen molar-refractivity contribution in [3.8, 4) is 11.5 Å². The summed E-state index contributed by atoms with van der Waals surface area (Å²) in [6.45, 7) is 7.22. The molecule has 132 valence electrons. The first kappa shape index (κ1) is 17.0. The number of phenolic OH excluding ortho intramolecular Hbond substituents is 2. The van der Waals surface area contributed by atoms with Gasteiger partial charge in [-0.2, -0.15) is 0 Å². The number of rotatable bonds is 3. The summed E-state index contributed by atoms with van der Waals surface area (Å²) in [7, 11) is 0. The first-order valence-electron chi connectivity index (χ1n) is 8.70. The number of amides is 1. The van der Waals surface area contributed by atoms with Gasteiger partial charge in [0.25, 0.3) is 5.91 Å². The van der Waals surface area contributed by atoms with Crippen LogP contribution in [0.3, 0.4) is 0 Å². The second-order valence-electron chi connectivity index (χ2n) is 6.69. The summed E-state index contributed by atoms with van der Waals surface area (Å²) in [5.74, 6) is -0.214. The van der Waals surface area contributed by atoms with Crippen molar-refractivity contribution >= 4 is 5.91 Å². The van der Waals surface area contributed by atoms with Gasteiger partial charge in [-0.05, 0) is 37.8 Å². The predicted molar refractivity (Wildman–Crippen MR) is 90.3 cm³/mol. The van der Waals surface area contributed by atoms with Crippen LogP contribution in [0.5, 0.6) is 11.5 Å². The van der Waals surface area contributed by atoms with E-state index in [-0.39, 0.29) is 23.0 Å². The standard InChI is InChI=1S/C18H26N2O4/c1-13(19-9-11-24-12-10-19)14-5-7-20(8-6-14)18(23)15-3-2-4-16(21)17(15)22/h2-4,13-14,21-22H,5-12H2,1H3. The third-order valence-corrected chi connectivity index (χ3v) is 5.38. The maximum Gasteiger partial charge on any atom is 0.257 e. The Morgan fingerprint density at radius 2 is 1.83 bits per heavy atom. The maximum absolute atomic E-state index is 12.6. The van der Waals surface area contributed by atoms with Gasteiger partial charge in [0.1, 0.15) is 0 Å². The number of morpholine rings is 1. The van der Waals surface area contributed by atoms with Crippen LogP contribution in [-0.4, -0.2) is 71.4 Å². The van der Waals surface area contributed by atoms with Crippen LogP contribution in [0, 0.1) is 5.92 Å². The normalized spacial score (nSPS) is 21.6. The highest BCUT2D eigenvalue weighted by atomic mass is 16.5. The largest absolute Gasteiger partial charge is 0.504 e. The van der Waals surface area contributed by atoms with Gasteiger partial charge in [-0.1, -0.05) is 6.07 Å². The number of benzene rings is 1. The second kappa shape index (κ2) is 7.40. The average molecular weight is 334 g/mol. The highest BCUT2D eigenvalue weighted by Gasteiger charge is 2.31. The molecule has 2 aliphatic rings. The Kier molecular flexibility index (Phi) is 5.26. The summed E-state index contributed by atoms with van der Waals surface area (Å²) >= 11 is 0. The molecule has 1 unspecified atom stereocenters. The lowest BCUT2D eigenvalue weighted by Crippen LogP contribution is -2.49. The average Bonchev–Trinajstić information content (AvgIpc) is 2.64. The number of piperidine rings is 1. The lowest BCUT2D eigenvalue weighted by atomic mass is 9.89. The number of nitrogens with zero attached hydrogens (tertiary/aromatic N) is 2. The first-order chi connectivity index (χ1) is 11.6. The molecule has 0 aliphatic carbocycles. The van der Waals surface area contributed by atoms with Crippen LogP contribution in [-0.2, 0) is 4.74 Å². The molecule has 1 aromatic carbocycles. The van der Waals surface area contributed by atoms with Crippen molar-refractivity contribution in [1.82, 2.24) is 9.80 Å². The summed E-state index contributed by atoms with van der Waals surface area (Å²) in [5, 5.41) is 19.5. The molecule has 24 heavy (non-hydrogen) atoms. The van der Waals surface area contributed by atoms with Crippen LogP contribution in [0.1, 0.15) is 30.1 Å². The Balaban J connectivity index is 1.58. The SMILES string of the molecule is CC(C1CCN(C(=O)c2cccc(O)c2O)CC1)N1CCOCC1. The van der Waals surface area contributed by atoms with Crippen molar-refractivity contribution in [2.45, 2.75) is 25.8 Å². The third-order valence-electron chi connectivity index (χ3n) is 5.38. The van der Waals surface area contributed by atoms with Crippen LogP contribution in [0.25, 0.3) is 0 Å². The fourth-order valence-corrected chi connectivity index (χ4v) is 3.74. The van der Waals surface area contributed by atoms with Gasteiger partial charge in [-0.3, -0.25) is 9.69 Å². The number of aromatic hydroxyl groups is 2. The van der Waals surface area contributed by atoms with E-state index in [1.54, 1.807) is 17.0 Å². The molecule has 0 saturated carbocycles. The van der Waals surface area contributed by atoms with Crippen molar-refractivity contribution in [2.75, 3.05) is 39.4 Å². The summed E-state index contributed by atoms with van der Waals surface area (Å²) in [5.41, 5.74) is 0.176. The highest BCUT2D eigenvalue weighted by Crippen LogP contribution is 2.31. The van der Waals surface area contributed by atoms with Crippen molar-refractivity contribution < 1.29 is 19.7 Å². The van der Waals surface area contributed by atoms with E-state index in [0.29, 0.717) is 25.0 Å². The Labute approximate surface area is 142 Å². The molecular formula is C18H26N2O4. The minimum Gasteiger partial charge on any atom is -0.504 e. The summed E-state index contributed by atoms with van der Waals surface area (Å²) < 4.78 is 5.42. The van der Waals surface area contributed by atoms with E-state index in [9.17, 15) is 15.0 Å². The van der Waals surface area contributed by atoms with E-state index in [1.165, 1.54) is 6.07 Å². The third kappa shape index (κ3) is 3.49. The zero-order chi connectivity index (χ0) is 17.1. The van der Waals surface area contributed by atoms with Crippen molar-refractivity contribution in [1.29, 1.82) is 0 Å². The van der Waals surface area contributed by atoms with Gasteiger partial charge in [0.15, 0.2) is 11.5 Å². The predicted octanol–water partition coefficient (Wildman–Crippen LogP) is 1.67. The van der Waals surface area contributed by atoms with E-state index in [2.05, 4.69) is 11.8 Å². The van der Waals surface area contributed by atoms with Crippen LogP contribution in [0.4, 0.5) is 0 Å². The number of ether oxygens (including phenoxy) is 1. The molecule has 0 aromatic heterocycles. The molecule has 0 bridgehead atoms. The fraction of sp³-hybridized carbons (Fsp3) is 0.611. The molecule has 1 aromatic rings. The lowest BCUT2D eigenvalue weighted by molar-refractivity contribution is -0.000967. The minimum absolute atomic E-state index is 0.176. The number of para-hydroxylation sites is 1. The topological polar surface area (TPSA) is 73.2 Å². The molecule has 2 heterocycles. The molecule has 3 rings (SSSR count). The van der Waals surface area contributed by atoms with Gasteiger partial charge >= 0.3 is 0 Å². The Hall–Kier alpha value is -1.79. The number of hydrogen-bond acceptors (Lipinski definition) is 5. The van der Waals surface area contributed by atoms with E-state index < -0.39 is 0 Å².